The van der Waals surface area contributed by atoms with Crippen molar-refractivity contribution in [1.82, 2.24) is 9.88 Å². The first-order valence-electron chi connectivity index (χ1n) is 6.72. The molecule has 122 valence electrons. The van der Waals surface area contributed by atoms with Crippen LogP contribution in [0.15, 0.2) is 27.4 Å². The fourth-order valence-electron chi connectivity index (χ4n) is 2.26. The van der Waals surface area contributed by atoms with Gasteiger partial charge >= 0.3 is 5.76 Å². The molecule has 1 aliphatic rings. The third-order valence-electron chi connectivity index (χ3n) is 3.27. The van der Waals surface area contributed by atoms with Crippen LogP contribution in [0.5, 0.6) is 0 Å². The smallest absolute Gasteiger partial charge is 0.406 e. The van der Waals surface area contributed by atoms with Gasteiger partial charge in [0.15, 0.2) is 5.58 Å². The lowest BCUT2D eigenvalue weighted by atomic mass is 10.2. The number of hydrogen-bond donors (Lipinski definition) is 2. The van der Waals surface area contributed by atoms with Crippen LogP contribution in [0, 0.1) is 0 Å². The predicted octanol–water partition coefficient (Wildman–Crippen LogP) is 0.377. The Balaban J connectivity index is 0.000000309. The Kier molecular flexibility index (Phi) is 4.89. The summed E-state index contributed by atoms with van der Waals surface area (Å²) in [5.74, 6) is -0.387. The molecule has 0 amide bonds. The van der Waals surface area contributed by atoms with Crippen molar-refractivity contribution >= 4 is 26.9 Å². The van der Waals surface area contributed by atoms with E-state index in [0.29, 0.717) is 11.8 Å². The summed E-state index contributed by atoms with van der Waals surface area (Å²) in [7, 11) is -1.55. The molecular formula is C13H19N3O5S. The molecule has 1 aliphatic heterocycles. The SMILES string of the molecule is CN1CCN(c2cccc3[nH]c(=O)oc23)CC1.CS(=O)(=O)O. The molecule has 0 bridgehead atoms. The first-order valence-corrected chi connectivity index (χ1v) is 8.56. The van der Waals surface area contributed by atoms with E-state index in [4.69, 9.17) is 8.97 Å². The van der Waals surface area contributed by atoms with Crippen LogP contribution in [0.3, 0.4) is 0 Å². The van der Waals surface area contributed by atoms with Gasteiger partial charge in [-0.25, -0.2) is 4.79 Å². The number of anilines is 1. The summed E-state index contributed by atoms with van der Waals surface area (Å²) in [6.45, 7) is 3.99. The maximum absolute atomic E-state index is 11.2. The number of piperazine rings is 1. The normalized spacial score (nSPS) is 16.4. The van der Waals surface area contributed by atoms with Gasteiger partial charge in [0.2, 0.25) is 0 Å². The average molecular weight is 329 g/mol. The molecule has 0 aliphatic carbocycles. The average Bonchev–Trinajstić information content (AvgIpc) is 2.78. The molecule has 1 saturated heterocycles. The molecule has 2 N–H and O–H groups in total. The molecular weight excluding hydrogens is 310 g/mol. The summed E-state index contributed by atoms with van der Waals surface area (Å²) in [6, 6.07) is 5.81. The standard InChI is InChI=1S/C12H15N3O2.CH4O3S/c1-14-5-7-15(8-6-14)10-4-2-3-9-11(10)17-12(16)13-9;1-5(2,3)4/h2-4H,5-8H2,1H3,(H,13,16);1H3,(H,2,3,4). The van der Waals surface area contributed by atoms with E-state index in [2.05, 4.69) is 21.8 Å². The molecule has 0 spiro atoms. The minimum Gasteiger partial charge on any atom is -0.406 e. The van der Waals surface area contributed by atoms with Crippen LogP contribution in [0.2, 0.25) is 0 Å². The Hall–Kier alpha value is -1.84. The number of nitrogens with one attached hydrogen (secondary N) is 1. The second-order valence-corrected chi connectivity index (χ2v) is 6.66. The molecule has 8 nitrogen and oxygen atoms in total. The van der Waals surface area contributed by atoms with Gasteiger partial charge in [0.25, 0.3) is 10.1 Å². The molecule has 0 atom stereocenters. The van der Waals surface area contributed by atoms with Crippen LogP contribution in [0.4, 0.5) is 5.69 Å². The third kappa shape index (κ3) is 4.58. The van der Waals surface area contributed by atoms with Crippen molar-refractivity contribution in [2.45, 2.75) is 0 Å². The van der Waals surface area contributed by atoms with E-state index in [9.17, 15) is 13.2 Å². The highest BCUT2D eigenvalue weighted by Gasteiger charge is 2.18. The number of hydrogen-bond acceptors (Lipinski definition) is 6. The molecule has 2 aromatic rings. The Morgan fingerprint density at radius 1 is 1.23 bits per heavy atom. The van der Waals surface area contributed by atoms with E-state index in [-0.39, 0.29) is 5.76 Å². The van der Waals surface area contributed by atoms with Gasteiger partial charge in [0.05, 0.1) is 17.5 Å². The number of nitrogens with zero attached hydrogens (tertiary/aromatic N) is 2. The van der Waals surface area contributed by atoms with Gasteiger partial charge in [-0.3, -0.25) is 9.54 Å². The van der Waals surface area contributed by atoms with E-state index in [1.807, 2.05) is 18.2 Å². The molecule has 0 unspecified atom stereocenters. The molecule has 1 aromatic carbocycles. The topological polar surface area (TPSA) is 107 Å². The molecule has 9 heteroatoms. The number of H-pyrrole nitrogens is 1. The number of aromatic nitrogens is 1. The number of fused-ring (bicyclic) bond motifs is 1. The van der Waals surface area contributed by atoms with Crippen molar-refractivity contribution in [1.29, 1.82) is 0 Å². The van der Waals surface area contributed by atoms with Crippen LogP contribution in [0.25, 0.3) is 11.1 Å². The predicted molar refractivity (Wildman–Crippen MR) is 84.0 cm³/mol. The highest BCUT2D eigenvalue weighted by molar-refractivity contribution is 7.85. The van der Waals surface area contributed by atoms with Crippen molar-refractivity contribution in [2.24, 2.45) is 0 Å². The summed E-state index contributed by atoms with van der Waals surface area (Å²) in [5.41, 5.74) is 2.45. The number of para-hydroxylation sites is 1. The fraction of sp³-hybridized carbons (Fsp3) is 0.462. The van der Waals surface area contributed by atoms with Crippen molar-refractivity contribution in [2.75, 3.05) is 44.4 Å². The van der Waals surface area contributed by atoms with E-state index >= 15 is 0 Å². The minimum atomic E-state index is -3.67. The maximum atomic E-state index is 11.2. The number of oxazole rings is 1. The van der Waals surface area contributed by atoms with Crippen molar-refractivity contribution in [3.8, 4) is 0 Å². The molecule has 1 aromatic heterocycles. The summed E-state index contributed by atoms with van der Waals surface area (Å²) < 4.78 is 31.1. The Bertz CT molecular complexity index is 779. The molecule has 3 rings (SSSR count). The van der Waals surface area contributed by atoms with Crippen LogP contribution in [0.1, 0.15) is 0 Å². The Morgan fingerprint density at radius 3 is 2.41 bits per heavy atom. The summed E-state index contributed by atoms with van der Waals surface area (Å²) in [6.07, 6.45) is 0.715. The van der Waals surface area contributed by atoms with E-state index in [0.717, 1.165) is 37.4 Å². The minimum absolute atomic E-state index is 0.387. The van der Waals surface area contributed by atoms with Crippen LogP contribution >= 0.6 is 0 Å². The first kappa shape index (κ1) is 16.5. The van der Waals surface area contributed by atoms with Crippen LogP contribution in [-0.2, 0) is 10.1 Å². The second-order valence-electron chi connectivity index (χ2n) is 5.19. The quantitative estimate of drug-likeness (QED) is 0.728. The van der Waals surface area contributed by atoms with Crippen LogP contribution in [-0.4, -0.2) is 62.3 Å². The van der Waals surface area contributed by atoms with E-state index < -0.39 is 10.1 Å². The van der Waals surface area contributed by atoms with Gasteiger partial charge in [0, 0.05) is 26.2 Å². The van der Waals surface area contributed by atoms with Gasteiger partial charge in [-0.05, 0) is 19.2 Å². The van der Waals surface area contributed by atoms with Gasteiger partial charge in [-0.1, -0.05) is 6.07 Å². The zero-order chi connectivity index (χ0) is 16.3. The third-order valence-corrected chi connectivity index (χ3v) is 3.27. The first-order chi connectivity index (χ1) is 10.2. The molecule has 1 fully saturated rings. The zero-order valence-corrected chi connectivity index (χ0v) is 13.3. The van der Waals surface area contributed by atoms with Gasteiger partial charge < -0.3 is 14.2 Å². The van der Waals surface area contributed by atoms with E-state index in [1.165, 1.54) is 0 Å². The molecule has 0 saturated carbocycles. The largest absolute Gasteiger partial charge is 0.417 e. The summed E-state index contributed by atoms with van der Waals surface area (Å²) in [4.78, 5) is 18.5. The van der Waals surface area contributed by atoms with Crippen molar-refractivity contribution in [3.63, 3.8) is 0 Å². The lowest BCUT2D eigenvalue weighted by molar-refractivity contribution is 0.313. The summed E-state index contributed by atoms with van der Waals surface area (Å²) in [5, 5.41) is 0. The van der Waals surface area contributed by atoms with Gasteiger partial charge in [0.1, 0.15) is 0 Å². The van der Waals surface area contributed by atoms with Gasteiger partial charge in [-0.2, -0.15) is 8.42 Å². The number of aromatic amines is 1. The highest BCUT2D eigenvalue weighted by atomic mass is 32.2. The molecule has 2 heterocycles. The van der Waals surface area contributed by atoms with E-state index in [1.54, 1.807) is 0 Å². The number of rotatable bonds is 1. The number of likely N-dealkylation sites (N-methyl/N-ethyl adjacent to an activating group) is 1. The lowest BCUT2D eigenvalue weighted by Gasteiger charge is -2.33. The fourth-order valence-corrected chi connectivity index (χ4v) is 2.26. The highest BCUT2D eigenvalue weighted by Crippen LogP contribution is 2.25. The molecule has 22 heavy (non-hydrogen) atoms. The maximum Gasteiger partial charge on any atom is 0.417 e. The summed E-state index contributed by atoms with van der Waals surface area (Å²) >= 11 is 0. The number of benzene rings is 1. The van der Waals surface area contributed by atoms with Crippen LogP contribution < -0.4 is 10.7 Å². The molecule has 0 radical (unpaired) electrons. The lowest BCUT2D eigenvalue weighted by Crippen LogP contribution is -2.44. The monoisotopic (exact) mass is 329 g/mol. The second kappa shape index (κ2) is 6.51. The Morgan fingerprint density at radius 2 is 1.82 bits per heavy atom. The zero-order valence-electron chi connectivity index (χ0n) is 12.4. The Labute approximate surface area is 128 Å². The van der Waals surface area contributed by atoms with Crippen molar-refractivity contribution < 1.29 is 17.4 Å². The van der Waals surface area contributed by atoms with Crippen molar-refractivity contribution in [3.05, 3.63) is 28.7 Å². The van der Waals surface area contributed by atoms with Gasteiger partial charge in [-0.15, -0.1) is 0 Å².